The van der Waals surface area contributed by atoms with Crippen LogP contribution >= 0.6 is 0 Å². The highest BCUT2D eigenvalue weighted by Gasteiger charge is 2.27. The highest BCUT2D eigenvalue weighted by atomic mass is 16.5. The molecule has 2 nitrogen and oxygen atoms in total. The van der Waals surface area contributed by atoms with Crippen LogP contribution in [0.3, 0.4) is 0 Å². The van der Waals surface area contributed by atoms with Crippen LogP contribution in [0.25, 0.3) is 0 Å². The van der Waals surface area contributed by atoms with Gasteiger partial charge in [-0.15, -0.1) is 0 Å². The van der Waals surface area contributed by atoms with E-state index in [4.69, 9.17) is 10.2 Å². The fraction of sp³-hybridized carbons (Fsp3) is 0.750. The Morgan fingerprint density at radius 3 is 2.50 bits per heavy atom. The lowest BCUT2D eigenvalue weighted by atomic mass is 9.89. The van der Waals surface area contributed by atoms with E-state index in [0.29, 0.717) is 0 Å². The molecule has 0 amide bonds. The average molecular weight is 142 g/mol. The van der Waals surface area contributed by atoms with Gasteiger partial charge in [0.15, 0.2) is 5.79 Å². The van der Waals surface area contributed by atoms with E-state index in [1.54, 1.807) is 0 Å². The Labute approximate surface area is 61.2 Å². The third-order valence-corrected chi connectivity index (χ3v) is 1.96. The normalized spacial score (nSPS) is 26.9. The van der Waals surface area contributed by atoms with Gasteiger partial charge in [0.05, 0.1) is 0 Å². The van der Waals surface area contributed by atoms with Crippen LogP contribution in [0.1, 0.15) is 26.2 Å². The molecule has 0 aromatic rings. The Kier molecular flexibility index (Phi) is 2.11. The Hall–Kier alpha value is -0.340. The molecule has 0 fully saturated rings. The van der Waals surface area contributed by atoms with Gasteiger partial charge in [-0.2, -0.15) is 0 Å². The van der Waals surface area contributed by atoms with E-state index in [9.17, 15) is 0 Å². The molecule has 10 heavy (non-hydrogen) atoms. The van der Waals surface area contributed by atoms with E-state index in [2.05, 4.69) is 0 Å². The van der Waals surface area contributed by atoms with Crippen LogP contribution in [0.5, 0.6) is 0 Å². The Morgan fingerprint density at radius 1 is 1.50 bits per heavy atom. The largest absolute Gasteiger partial charge is 0.365 e. The molecule has 1 unspecified atom stereocenters. The zero-order chi connectivity index (χ0) is 7.61. The van der Waals surface area contributed by atoms with Gasteiger partial charge in [-0.25, -0.2) is 0 Å². The summed E-state index contributed by atoms with van der Waals surface area (Å²) in [5.41, 5.74) is 0. The number of hydrogen-bond donors (Lipinski definition) is 2. The summed E-state index contributed by atoms with van der Waals surface area (Å²) in [6.07, 6.45) is 6.94. The summed E-state index contributed by atoms with van der Waals surface area (Å²) in [4.78, 5) is 0. The van der Waals surface area contributed by atoms with Gasteiger partial charge < -0.3 is 10.2 Å². The van der Waals surface area contributed by atoms with Crippen molar-refractivity contribution in [1.29, 1.82) is 0 Å². The van der Waals surface area contributed by atoms with Crippen LogP contribution in [0.4, 0.5) is 0 Å². The maximum absolute atomic E-state index is 9.15. The van der Waals surface area contributed by atoms with Crippen molar-refractivity contribution in [2.75, 3.05) is 0 Å². The fourth-order valence-corrected chi connectivity index (χ4v) is 1.27. The molecule has 1 rings (SSSR count). The Balaban J connectivity index is 2.55. The lowest BCUT2D eigenvalue weighted by Crippen LogP contribution is -2.33. The minimum Gasteiger partial charge on any atom is -0.365 e. The molecule has 0 aromatic carbocycles. The van der Waals surface area contributed by atoms with Gasteiger partial charge >= 0.3 is 0 Å². The number of allylic oxidation sites excluding steroid dienone is 1. The highest BCUT2D eigenvalue weighted by molar-refractivity contribution is 4.97. The number of aliphatic hydroxyl groups is 2. The van der Waals surface area contributed by atoms with Gasteiger partial charge in [0.1, 0.15) is 0 Å². The van der Waals surface area contributed by atoms with Gasteiger partial charge in [0, 0.05) is 5.92 Å². The van der Waals surface area contributed by atoms with E-state index in [-0.39, 0.29) is 5.92 Å². The van der Waals surface area contributed by atoms with E-state index in [0.717, 1.165) is 19.3 Å². The molecule has 0 heterocycles. The summed E-state index contributed by atoms with van der Waals surface area (Å²) >= 11 is 0. The summed E-state index contributed by atoms with van der Waals surface area (Å²) in [5.74, 6) is -1.59. The topological polar surface area (TPSA) is 40.5 Å². The maximum Gasteiger partial charge on any atom is 0.165 e. The minimum absolute atomic E-state index is 0.0683. The molecule has 0 bridgehead atoms. The maximum atomic E-state index is 9.15. The van der Waals surface area contributed by atoms with Crippen molar-refractivity contribution < 1.29 is 10.2 Å². The van der Waals surface area contributed by atoms with Crippen molar-refractivity contribution >= 4 is 0 Å². The summed E-state index contributed by atoms with van der Waals surface area (Å²) < 4.78 is 0. The quantitative estimate of drug-likeness (QED) is 0.424. The molecule has 2 heteroatoms. The zero-order valence-electron chi connectivity index (χ0n) is 6.25. The van der Waals surface area contributed by atoms with Crippen molar-refractivity contribution in [3.05, 3.63) is 12.2 Å². The third kappa shape index (κ3) is 1.82. The molecule has 0 aromatic heterocycles. The van der Waals surface area contributed by atoms with Crippen LogP contribution < -0.4 is 0 Å². The molecule has 0 radical (unpaired) electrons. The summed E-state index contributed by atoms with van der Waals surface area (Å²) in [6, 6.07) is 0. The molecule has 0 spiro atoms. The number of rotatable bonds is 1. The molecule has 0 aliphatic heterocycles. The van der Waals surface area contributed by atoms with Gasteiger partial charge in [-0.05, 0) is 26.2 Å². The van der Waals surface area contributed by atoms with Crippen molar-refractivity contribution in [3.8, 4) is 0 Å². The molecule has 0 saturated carbocycles. The van der Waals surface area contributed by atoms with E-state index in [1.165, 1.54) is 6.92 Å². The zero-order valence-corrected chi connectivity index (χ0v) is 6.25. The van der Waals surface area contributed by atoms with E-state index >= 15 is 0 Å². The first-order valence-electron chi connectivity index (χ1n) is 3.72. The predicted molar refractivity (Wildman–Crippen MR) is 39.3 cm³/mol. The van der Waals surface area contributed by atoms with Crippen LogP contribution in [0.2, 0.25) is 0 Å². The van der Waals surface area contributed by atoms with Crippen LogP contribution in [-0.4, -0.2) is 16.0 Å². The molecular weight excluding hydrogens is 128 g/mol. The van der Waals surface area contributed by atoms with E-state index in [1.807, 2.05) is 12.2 Å². The lowest BCUT2D eigenvalue weighted by Gasteiger charge is -2.26. The summed E-state index contributed by atoms with van der Waals surface area (Å²) in [6.45, 7) is 1.44. The monoisotopic (exact) mass is 142 g/mol. The second-order valence-electron chi connectivity index (χ2n) is 3.06. The molecule has 1 aliphatic carbocycles. The minimum atomic E-state index is -1.52. The average Bonchev–Trinajstić information content (AvgIpc) is 1.88. The predicted octanol–water partition coefficient (Wildman–Crippen LogP) is 1.04. The first kappa shape index (κ1) is 7.76. The molecular formula is C8H14O2. The van der Waals surface area contributed by atoms with Gasteiger partial charge in [0.25, 0.3) is 0 Å². The van der Waals surface area contributed by atoms with Gasteiger partial charge in [0.2, 0.25) is 0 Å². The third-order valence-electron chi connectivity index (χ3n) is 1.96. The smallest absolute Gasteiger partial charge is 0.165 e. The van der Waals surface area contributed by atoms with Crippen LogP contribution in [0.15, 0.2) is 12.2 Å². The molecule has 1 aliphatic rings. The first-order chi connectivity index (χ1) is 4.61. The summed E-state index contributed by atoms with van der Waals surface area (Å²) in [5, 5.41) is 18.3. The SMILES string of the molecule is CC(O)(O)C1C=CCCC1. The molecule has 1 atom stereocenters. The van der Waals surface area contributed by atoms with Crippen molar-refractivity contribution in [1.82, 2.24) is 0 Å². The highest BCUT2D eigenvalue weighted by Crippen LogP contribution is 2.25. The summed E-state index contributed by atoms with van der Waals surface area (Å²) in [7, 11) is 0. The van der Waals surface area contributed by atoms with E-state index < -0.39 is 5.79 Å². The first-order valence-corrected chi connectivity index (χ1v) is 3.72. The lowest BCUT2D eigenvalue weighted by molar-refractivity contribution is -0.175. The Bertz CT molecular complexity index is 133. The van der Waals surface area contributed by atoms with Crippen molar-refractivity contribution in [3.63, 3.8) is 0 Å². The molecule has 0 saturated heterocycles. The van der Waals surface area contributed by atoms with Gasteiger partial charge in [-0.3, -0.25) is 0 Å². The van der Waals surface area contributed by atoms with Crippen molar-refractivity contribution in [2.24, 2.45) is 5.92 Å². The second-order valence-corrected chi connectivity index (χ2v) is 3.06. The molecule has 58 valence electrons. The van der Waals surface area contributed by atoms with Crippen LogP contribution in [-0.2, 0) is 0 Å². The van der Waals surface area contributed by atoms with Crippen LogP contribution in [0, 0.1) is 5.92 Å². The number of hydrogen-bond acceptors (Lipinski definition) is 2. The Morgan fingerprint density at radius 2 is 2.20 bits per heavy atom. The molecule has 2 N–H and O–H groups in total. The fourth-order valence-electron chi connectivity index (χ4n) is 1.27. The second kappa shape index (κ2) is 2.72. The standard InChI is InChI=1S/C8H14O2/c1-8(9,10)7-5-3-2-4-6-7/h3,5,7,9-10H,2,4,6H2,1H3. The van der Waals surface area contributed by atoms with Crippen molar-refractivity contribution in [2.45, 2.75) is 32.0 Å². The van der Waals surface area contributed by atoms with Gasteiger partial charge in [-0.1, -0.05) is 12.2 Å².